The Morgan fingerprint density at radius 1 is 1.43 bits per heavy atom. The lowest BCUT2D eigenvalue weighted by molar-refractivity contribution is 0.111. The lowest BCUT2D eigenvalue weighted by Gasteiger charge is -2.27. The molecule has 1 saturated carbocycles. The van der Waals surface area contributed by atoms with Crippen LogP contribution in [0.2, 0.25) is 0 Å². The molecule has 2 aromatic heterocycles. The summed E-state index contributed by atoms with van der Waals surface area (Å²) in [5.41, 5.74) is 0.931. The average molecular weight is 383 g/mol. The van der Waals surface area contributed by atoms with Crippen LogP contribution >= 0.6 is 15.9 Å². The molecule has 2 N–H and O–H groups in total. The summed E-state index contributed by atoms with van der Waals surface area (Å²) in [5, 5.41) is 14.0. The monoisotopic (exact) mass is 382 g/mol. The predicted octanol–water partition coefficient (Wildman–Crippen LogP) is 3.12. The Balaban J connectivity index is 1.89. The number of anilines is 1. The van der Waals surface area contributed by atoms with Crippen LogP contribution in [0.4, 0.5) is 5.95 Å². The molecule has 2 heterocycles. The second-order valence-corrected chi connectivity index (χ2v) is 7.13. The lowest BCUT2D eigenvalue weighted by atomic mass is 9.93. The fourth-order valence-corrected chi connectivity index (χ4v) is 3.69. The third-order valence-corrected chi connectivity index (χ3v) is 5.01. The van der Waals surface area contributed by atoms with Crippen LogP contribution in [0, 0.1) is 0 Å². The molecule has 0 aliphatic heterocycles. The minimum Gasteiger partial charge on any atom is -0.393 e. The third-order valence-electron chi connectivity index (χ3n) is 4.37. The van der Waals surface area contributed by atoms with Crippen LogP contribution < -0.4 is 5.32 Å². The van der Waals surface area contributed by atoms with Crippen molar-refractivity contribution in [3.8, 4) is 0 Å². The SMILES string of the molecule is COCC(C)Nc1ncc2c(Br)cn(C3CCC(O)CC3)c2n1. The predicted molar refractivity (Wildman–Crippen MR) is 93.7 cm³/mol. The number of nitrogens with zero attached hydrogens (tertiary/aromatic N) is 3. The molecular weight excluding hydrogens is 360 g/mol. The van der Waals surface area contributed by atoms with Gasteiger partial charge in [0.2, 0.25) is 5.95 Å². The molecule has 1 fully saturated rings. The number of aromatic nitrogens is 3. The first-order chi connectivity index (χ1) is 11.1. The standard InChI is InChI=1S/C16H23BrN4O2/c1-10(9-23-2)19-16-18-7-13-14(17)8-21(15(13)20-16)11-3-5-12(22)6-4-11/h7-8,10-12,22H,3-6,9H2,1-2H3,(H,18,19,20). The van der Waals surface area contributed by atoms with E-state index in [1.807, 2.05) is 13.1 Å². The molecule has 23 heavy (non-hydrogen) atoms. The van der Waals surface area contributed by atoms with Gasteiger partial charge in [-0.05, 0) is 48.5 Å². The number of methoxy groups -OCH3 is 1. The van der Waals surface area contributed by atoms with Crippen molar-refractivity contribution in [1.29, 1.82) is 0 Å². The average Bonchev–Trinajstić information content (AvgIpc) is 2.85. The molecule has 0 bridgehead atoms. The maximum atomic E-state index is 9.72. The Morgan fingerprint density at radius 2 is 2.17 bits per heavy atom. The molecule has 0 amide bonds. The van der Waals surface area contributed by atoms with Crippen molar-refractivity contribution in [2.24, 2.45) is 0 Å². The second kappa shape index (κ2) is 7.15. The number of fused-ring (bicyclic) bond motifs is 1. The molecule has 0 saturated heterocycles. The molecule has 7 heteroatoms. The zero-order chi connectivity index (χ0) is 16.4. The molecule has 0 radical (unpaired) electrons. The van der Waals surface area contributed by atoms with Gasteiger partial charge in [0.25, 0.3) is 0 Å². The Bertz CT molecular complexity index is 667. The summed E-state index contributed by atoms with van der Waals surface area (Å²) >= 11 is 3.61. The van der Waals surface area contributed by atoms with Crippen molar-refractivity contribution < 1.29 is 9.84 Å². The summed E-state index contributed by atoms with van der Waals surface area (Å²) in [6, 6.07) is 0.528. The van der Waals surface area contributed by atoms with E-state index < -0.39 is 0 Å². The van der Waals surface area contributed by atoms with Crippen molar-refractivity contribution in [2.45, 2.75) is 50.8 Å². The number of nitrogens with one attached hydrogen (secondary N) is 1. The minimum atomic E-state index is -0.154. The van der Waals surface area contributed by atoms with Gasteiger partial charge < -0.3 is 19.7 Å². The summed E-state index contributed by atoms with van der Waals surface area (Å²) in [7, 11) is 1.68. The van der Waals surface area contributed by atoms with Gasteiger partial charge in [-0.3, -0.25) is 0 Å². The Morgan fingerprint density at radius 3 is 2.87 bits per heavy atom. The Kier molecular flexibility index (Phi) is 5.18. The summed E-state index contributed by atoms with van der Waals surface area (Å²) in [4.78, 5) is 9.10. The molecule has 1 aliphatic rings. The van der Waals surface area contributed by atoms with E-state index in [2.05, 4.69) is 37.0 Å². The largest absolute Gasteiger partial charge is 0.393 e. The number of hydrogen-bond acceptors (Lipinski definition) is 5. The zero-order valence-corrected chi connectivity index (χ0v) is 15.1. The minimum absolute atomic E-state index is 0.147. The van der Waals surface area contributed by atoms with Crippen molar-refractivity contribution in [3.05, 3.63) is 16.9 Å². The molecule has 6 nitrogen and oxygen atoms in total. The topological polar surface area (TPSA) is 72.2 Å². The van der Waals surface area contributed by atoms with Gasteiger partial charge in [0.05, 0.1) is 18.1 Å². The van der Waals surface area contributed by atoms with Gasteiger partial charge >= 0.3 is 0 Å². The van der Waals surface area contributed by atoms with Gasteiger partial charge in [0.15, 0.2) is 0 Å². The highest BCUT2D eigenvalue weighted by Gasteiger charge is 2.23. The second-order valence-electron chi connectivity index (χ2n) is 6.28. The lowest BCUT2D eigenvalue weighted by Crippen LogP contribution is -2.23. The molecule has 1 unspecified atom stereocenters. The van der Waals surface area contributed by atoms with Crippen LogP contribution in [0.5, 0.6) is 0 Å². The van der Waals surface area contributed by atoms with Crippen LogP contribution in [0.15, 0.2) is 16.9 Å². The number of halogens is 1. The van der Waals surface area contributed by atoms with E-state index in [-0.39, 0.29) is 12.1 Å². The van der Waals surface area contributed by atoms with Crippen molar-refractivity contribution >= 4 is 32.9 Å². The maximum Gasteiger partial charge on any atom is 0.224 e. The van der Waals surface area contributed by atoms with Crippen LogP contribution in [-0.4, -0.2) is 45.5 Å². The summed E-state index contributed by atoms with van der Waals surface area (Å²) in [6.45, 7) is 2.64. The van der Waals surface area contributed by atoms with Crippen molar-refractivity contribution in [3.63, 3.8) is 0 Å². The van der Waals surface area contributed by atoms with Gasteiger partial charge in [-0.25, -0.2) is 4.98 Å². The Labute approximate surface area is 144 Å². The first-order valence-corrected chi connectivity index (χ1v) is 8.84. The van der Waals surface area contributed by atoms with Gasteiger partial charge in [0.1, 0.15) is 5.65 Å². The number of hydrogen-bond donors (Lipinski definition) is 2. The third kappa shape index (κ3) is 3.67. The summed E-state index contributed by atoms with van der Waals surface area (Å²) in [5.74, 6) is 0.616. The van der Waals surface area contributed by atoms with Crippen LogP contribution in [0.25, 0.3) is 11.0 Å². The van der Waals surface area contributed by atoms with E-state index in [0.29, 0.717) is 18.6 Å². The number of rotatable bonds is 5. The molecular formula is C16H23BrN4O2. The molecule has 0 spiro atoms. The van der Waals surface area contributed by atoms with Crippen LogP contribution in [-0.2, 0) is 4.74 Å². The summed E-state index contributed by atoms with van der Waals surface area (Å²) < 4.78 is 8.37. The van der Waals surface area contributed by atoms with E-state index in [9.17, 15) is 5.11 Å². The highest BCUT2D eigenvalue weighted by molar-refractivity contribution is 9.10. The van der Waals surface area contributed by atoms with E-state index in [4.69, 9.17) is 9.72 Å². The van der Waals surface area contributed by atoms with Gasteiger partial charge in [-0.15, -0.1) is 0 Å². The number of aliphatic hydroxyl groups excluding tert-OH is 1. The fourth-order valence-electron chi connectivity index (χ4n) is 3.19. The normalized spacial score (nSPS) is 23.1. The quantitative estimate of drug-likeness (QED) is 0.830. The van der Waals surface area contributed by atoms with Crippen LogP contribution in [0.1, 0.15) is 38.6 Å². The molecule has 2 aromatic rings. The maximum absolute atomic E-state index is 9.72. The highest BCUT2D eigenvalue weighted by atomic mass is 79.9. The molecule has 1 atom stereocenters. The number of aliphatic hydroxyl groups is 1. The van der Waals surface area contributed by atoms with Crippen molar-refractivity contribution in [1.82, 2.24) is 14.5 Å². The van der Waals surface area contributed by atoms with E-state index in [0.717, 1.165) is 41.2 Å². The van der Waals surface area contributed by atoms with Gasteiger partial charge in [0, 0.05) is 36.1 Å². The zero-order valence-electron chi connectivity index (χ0n) is 13.5. The summed E-state index contributed by atoms with van der Waals surface area (Å²) in [6.07, 6.45) is 7.44. The van der Waals surface area contributed by atoms with E-state index in [1.54, 1.807) is 7.11 Å². The molecule has 0 aromatic carbocycles. The van der Waals surface area contributed by atoms with Crippen LogP contribution in [0.3, 0.4) is 0 Å². The Hall–Kier alpha value is -1.18. The first-order valence-electron chi connectivity index (χ1n) is 8.05. The van der Waals surface area contributed by atoms with Gasteiger partial charge in [-0.2, -0.15) is 4.98 Å². The van der Waals surface area contributed by atoms with E-state index >= 15 is 0 Å². The molecule has 3 rings (SSSR count). The number of ether oxygens (including phenoxy) is 1. The molecule has 126 valence electrons. The molecule has 1 aliphatic carbocycles. The fraction of sp³-hybridized carbons (Fsp3) is 0.625. The first kappa shape index (κ1) is 16.7. The highest BCUT2D eigenvalue weighted by Crippen LogP contribution is 2.34. The van der Waals surface area contributed by atoms with E-state index in [1.165, 1.54) is 0 Å². The van der Waals surface area contributed by atoms with Gasteiger partial charge in [-0.1, -0.05) is 0 Å². The van der Waals surface area contributed by atoms with Crippen molar-refractivity contribution in [2.75, 3.05) is 19.0 Å². The smallest absolute Gasteiger partial charge is 0.224 e.